The molecule has 0 spiro atoms. The van der Waals surface area contributed by atoms with Crippen molar-refractivity contribution in [3.05, 3.63) is 89.2 Å². The van der Waals surface area contributed by atoms with Crippen molar-refractivity contribution in [2.75, 3.05) is 10.8 Å². The van der Waals surface area contributed by atoms with E-state index in [1.807, 2.05) is 0 Å². The Balaban J connectivity index is 1.67. The van der Waals surface area contributed by atoms with Gasteiger partial charge in [0.15, 0.2) is 11.6 Å². The van der Waals surface area contributed by atoms with E-state index in [9.17, 15) is 22.0 Å². The molecule has 0 atom stereocenters. The van der Waals surface area contributed by atoms with E-state index in [1.165, 1.54) is 28.7 Å². The van der Waals surface area contributed by atoms with E-state index >= 15 is 0 Å². The van der Waals surface area contributed by atoms with Crippen molar-refractivity contribution < 1.29 is 22.0 Å². The van der Waals surface area contributed by atoms with Gasteiger partial charge in [-0.3, -0.25) is 14.1 Å². The molecule has 4 rings (SSSR count). The monoisotopic (exact) mass is 428 g/mol. The highest BCUT2D eigenvalue weighted by Crippen LogP contribution is 2.33. The first kappa shape index (κ1) is 20.2. The average molecular weight is 428 g/mol. The number of carbonyl (C=O) groups excluding carboxylic acids is 1. The lowest BCUT2D eigenvalue weighted by Crippen LogP contribution is -2.35. The van der Waals surface area contributed by atoms with Crippen LogP contribution in [0.2, 0.25) is 0 Å². The highest BCUT2D eigenvalue weighted by atomic mass is 32.2. The largest absolute Gasteiger partial charge is 0.294 e. The molecule has 154 valence electrons. The van der Waals surface area contributed by atoms with Crippen LogP contribution in [-0.2, 0) is 22.9 Å². The minimum absolute atomic E-state index is 0.00270. The number of sulfonamides is 1. The van der Waals surface area contributed by atoms with Gasteiger partial charge in [0.25, 0.3) is 10.0 Å². The fraction of sp³-hybridized carbons (Fsp3) is 0.182. The Hall–Kier alpha value is -3.13. The molecule has 8 heteroatoms. The molecule has 2 heterocycles. The van der Waals surface area contributed by atoms with E-state index in [2.05, 4.69) is 4.98 Å². The second kappa shape index (κ2) is 7.95. The first-order chi connectivity index (χ1) is 14.4. The molecule has 0 saturated carbocycles. The minimum atomic E-state index is -3.88. The standard InChI is InChI=1S/C22H18F2N2O3S/c23-17-5-7-18(8-6-17)30(28,29)26-11-1-2-16-4-3-15(12-21(16)26)13-22(27)19-9-10-25-14-20(19)24/h3-10,12,14H,1-2,11,13H2. The van der Waals surface area contributed by atoms with Gasteiger partial charge in [0, 0.05) is 19.2 Å². The van der Waals surface area contributed by atoms with E-state index < -0.39 is 27.4 Å². The van der Waals surface area contributed by atoms with Gasteiger partial charge < -0.3 is 0 Å². The highest BCUT2D eigenvalue weighted by molar-refractivity contribution is 7.92. The number of nitrogens with zero attached hydrogens (tertiary/aromatic N) is 2. The number of rotatable bonds is 5. The van der Waals surface area contributed by atoms with Crippen LogP contribution >= 0.6 is 0 Å². The van der Waals surface area contributed by atoms with Gasteiger partial charge in [-0.15, -0.1) is 0 Å². The fourth-order valence-electron chi connectivity index (χ4n) is 3.56. The number of pyridine rings is 1. The van der Waals surface area contributed by atoms with Crippen molar-refractivity contribution in [2.45, 2.75) is 24.2 Å². The summed E-state index contributed by atoms with van der Waals surface area (Å²) in [4.78, 5) is 16.1. The maximum atomic E-state index is 13.9. The smallest absolute Gasteiger partial charge is 0.264 e. The van der Waals surface area contributed by atoms with Gasteiger partial charge in [-0.25, -0.2) is 17.2 Å². The lowest BCUT2D eigenvalue weighted by atomic mass is 9.97. The van der Waals surface area contributed by atoms with Crippen LogP contribution in [0.15, 0.2) is 65.8 Å². The zero-order valence-electron chi connectivity index (χ0n) is 15.9. The number of aryl methyl sites for hydroxylation is 1. The first-order valence-electron chi connectivity index (χ1n) is 9.39. The molecule has 0 fully saturated rings. The summed E-state index contributed by atoms with van der Waals surface area (Å²) in [7, 11) is -3.88. The van der Waals surface area contributed by atoms with Crippen molar-refractivity contribution >= 4 is 21.5 Å². The van der Waals surface area contributed by atoms with Gasteiger partial charge in [0.05, 0.1) is 22.3 Å². The van der Waals surface area contributed by atoms with Crippen molar-refractivity contribution in [1.29, 1.82) is 0 Å². The summed E-state index contributed by atoms with van der Waals surface area (Å²) in [5.74, 6) is -1.63. The molecule has 0 radical (unpaired) electrons. The zero-order chi connectivity index (χ0) is 21.3. The Morgan fingerprint density at radius 2 is 1.83 bits per heavy atom. The lowest BCUT2D eigenvalue weighted by molar-refractivity contribution is 0.0989. The number of aromatic nitrogens is 1. The molecule has 0 aliphatic carbocycles. The number of halogens is 2. The molecule has 0 saturated heterocycles. The second-order valence-corrected chi connectivity index (χ2v) is 8.92. The summed E-state index contributed by atoms with van der Waals surface area (Å²) >= 11 is 0. The predicted octanol–water partition coefficient (Wildman–Crippen LogP) is 3.93. The summed E-state index contributed by atoms with van der Waals surface area (Å²) in [6, 6.07) is 11.2. The number of hydrogen-bond acceptors (Lipinski definition) is 4. The lowest BCUT2D eigenvalue weighted by Gasteiger charge is -2.31. The number of anilines is 1. The molecule has 3 aromatic rings. The SMILES string of the molecule is O=C(Cc1ccc2c(c1)N(S(=O)(=O)c1ccc(F)cc1)CCC2)c1ccncc1F. The van der Waals surface area contributed by atoms with Crippen LogP contribution in [-0.4, -0.2) is 25.7 Å². The molecule has 1 aromatic heterocycles. The van der Waals surface area contributed by atoms with Crippen LogP contribution in [0, 0.1) is 11.6 Å². The number of carbonyl (C=O) groups is 1. The van der Waals surface area contributed by atoms with Crippen LogP contribution in [0.4, 0.5) is 14.5 Å². The molecule has 2 aromatic carbocycles. The van der Waals surface area contributed by atoms with E-state index in [0.29, 0.717) is 24.1 Å². The van der Waals surface area contributed by atoms with Gasteiger partial charge in [0.1, 0.15) is 5.82 Å². The third-order valence-electron chi connectivity index (χ3n) is 5.06. The maximum Gasteiger partial charge on any atom is 0.264 e. The van der Waals surface area contributed by atoms with Gasteiger partial charge in [0.2, 0.25) is 0 Å². The second-order valence-electron chi connectivity index (χ2n) is 7.05. The number of Topliss-reactive ketones (excluding diaryl/α,β-unsaturated/α-hetero) is 1. The molecular formula is C22H18F2N2O3S. The van der Waals surface area contributed by atoms with Crippen LogP contribution < -0.4 is 4.31 Å². The molecule has 1 aliphatic heterocycles. The molecule has 0 bridgehead atoms. The fourth-order valence-corrected chi connectivity index (χ4v) is 5.09. The zero-order valence-corrected chi connectivity index (χ0v) is 16.7. The molecule has 0 N–H and O–H groups in total. The van der Waals surface area contributed by atoms with E-state index in [-0.39, 0.29) is 23.4 Å². The van der Waals surface area contributed by atoms with Crippen LogP contribution in [0.1, 0.15) is 27.9 Å². The Kier molecular flexibility index (Phi) is 5.34. The summed E-state index contributed by atoms with van der Waals surface area (Å²) in [5, 5.41) is 0. The maximum absolute atomic E-state index is 13.9. The number of fused-ring (bicyclic) bond motifs is 1. The van der Waals surface area contributed by atoms with Crippen molar-refractivity contribution in [1.82, 2.24) is 4.98 Å². The number of benzene rings is 2. The Morgan fingerprint density at radius 3 is 2.57 bits per heavy atom. The van der Waals surface area contributed by atoms with Crippen molar-refractivity contribution in [3.8, 4) is 0 Å². The van der Waals surface area contributed by atoms with Crippen LogP contribution in [0.3, 0.4) is 0 Å². The molecule has 30 heavy (non-hydrogen) atoms. The number of ketones is 1. The van der Waals surface area contributed by atoms with Gasteiger partial charge in [-0.1, -0.05) is 12.1 Å². The van der Waals surface area contributed by atoms with Crippen LogP contribution in [0.25, 0.3) is 0 Å². The molecule has 0 unspecified atom stereocenters. The molecule has 1 aliphatic rings. The minimum Gasteiger partial charge on any atom is -0.294 e. The molecule has 5 nitrogen and oxygen atoms in total. The summed E-state index contributed by atoms with van der Waals surface area (Å²) in [6.45, 7) is 0.281. The predicted molar refractivity (Wildman–Crippen MR) is 108 cm³/mol. The van der Waals surface area contributed by atoms with E-state index in [1.54, 1.807) is 18.2 Å². The number of hydrogen-bond donors (Lipinski definition) is 0. The van der Waals surface area contributed by atoms with Crippen molar-refractivity contribution in [3.63, 3.8) is 0 Å². The van der Waals surface area contributed by atoms with Gasteiger partial charge in [-0.05, 0) is 60.4 Å². The molecular weight excluding hydrogens is 410 g/mol. The normalized spacial score (nSPS) is 13.7. The molecule has 0 amide bonds. The van der Waals surface area contributed by atoms with Gasteiger partial charge >= 0.3 is 0 Å². The highest BCUT2D eigenvalue weighted by Gasteiger charge is 2.29. The Labute approximate surface area is 173 Å². The first-order valence-corrected chi connectivity index (χ1v) is 10.8. The van der Waals surface area contributed by atoms with E-state index in [4.69, 9.17) is 0 Å². The Bertz CT molecular complexity index is 1210. The van der Waals surface area contributed by atoms with E-state index in [0.717, 1.165) is 23.9 Å². The van der Waals surface area contributed by atoms with Crippen molar-refractivity contribution in [2.24, 2.45) is 0 Å². The van der Waals surface area contributed by atoms with Crippen LogP contribution in [0.5, 0.6) is 0 Å². The summed E-state index contributed by atoms with van der Waals surface area (Å²) in [6.07, 6.45) is 3.61. The average Bonchev–Trinajstić information content (AvgIpc) is 2.73. The van der Waals surface area contributed by atoms with Gasteiger partial charge in [-0.2, -0.15) is 0 Å². The summed E-state index contributed by atoms with van der Waals surface area (Å²) in [5.41, 5.74) is 1.86. The third kappa shape index (κ3) is 3.82. The third-order valence-corrected chi connectivity index (χ3v) is 6.89. The topological polar surface area (TPSA) is 67.3 Å². The quantitative estimate of drug-likeness (QED) is 0.578. The Morgan fingerprint density at radius 1 is 1.07 bits per heavy atom. The summed E-state index contributed by atoms with van der Waals surface area (Å²) < 4.78 is 54.7.